The van der Waals surface area contributed by atoms with Crippen molar-refractivity contribution in [1.29, 1.82) is 0 Å². The van der Waals surface area contributed by atoms with Crippen LogP contribution in [0.4, 0.5) is 11.4 Å². The summed E-state index contributed by atoms with van der Waals surface area (Å²) in [5.41, 5.74) is 5.45. The molecule has 10 aromatic carbocycles. The van der Waals surface area contributed by atoms with Crippen molar-refractivity contribution in [2.24, 2.45) is 0 Å². The molecule has 0 saturated carbocycles. The number of carbonyl (C=O) groups excluding carboxylic acids is 4. The van der Waals surface area contributed by atoms with E-state index >= 15 is 19.2 Å². The Kier molecular flexibility index (Phi) is 12.8. The molecule has 13 rings (SSSR count). The SMILES string of the molecule is CC(C)c1cccc(C(C)C)c1N1C(=O)c2cc(OC3=CC=CCC3)c3c4c(Oc5ccccc5)cc5c6c(cc(Oc7ccccc7)c(c7c(Oc8ccccc8)cc(c2c37)C1=O)c64)C(=O)N(c1c(C(C)C)cccc1C(C)C)C5=O. The molecule has 2 heterocycles. The summed E-state index contributed by atoms with van der Waals surface area (Å²) in [6, 6.07) is 46.9. The van der Waals surface area contributed by atoms with E-state index in [9.17, 15) is 0 Å². The number of benzene rings is 10. The average molecular weight is 1080 g/mol. The predicted molar refractivity (Wildman–Crippen MR) is 326 cm³/mol. The summed E-state index contributed by atoms with van der Waals surface area (Å²) in [6.45, 7) is 16.5. The van der Waals surface area contributed by atoms with Crippen LogP contribution in [0.2, 0.25) is 0 Å². The Balaban J connectivity index is 1.25. The molecule has 10 aromatic rings. The molecule has 0 aromatic heterocycles. The summed E-state index contributed by atoms with van der Waals surface area (Å²) < 4.78 is 28.7. The first-order valence-electron chi connectivity index (χ1n) is 28.3. The summed E-state index contributed by atoms with van der Waals surface area (Å²) in [4.78, 5) is 67.1. The highest BCUT2D eigenvalue weighted by atomic mass is 16.5. The minimum Gasteiger partial charge on any atom is -0.461 e. The van der Waals surface area contributed by atoms with Gasteiger partial charge in [-0.1, -0.05) is 159 Å². The quantitative estimate of drug-likeness (QED) is 0.0601. The molecule has 0 bridgehead atoms. The molecule has 406 valence electrons. The molecule has 10 heteroatoms. The number of nitrogens with zero attached hydrogens (tertiary/aromatic N) is 2. The van der Waals surface area contributed by atoms with E-state index in [1.807, 2.05) is 140 Å². The first-order valence-corrected chi connectivity index (χ1v) is 28.3. The second-order valence-electron chi connectivity index (χ2n) is 22.7. The van der Waals surface area contributed by atoms with Gasteiger partial charge in [-0.15, -0.1) is 0 Å². The summed E-state index contributed by atoms with van der Waals surface area (Å²) in [7, 11) is 0. The summed E-state index contributed by atoms with van der Waals surface area (Å²) >= 11 is 0. The van der Waals surface area contributed by atoms with Gasteiger partial charge in [0.1, 0.15) is 46.0 Å². The zero-order valence-electron chi connectivity index (χ0n) is 47.0. The number of ether oxygens (including phenoxy) is 4. The molecule has 2 aliphatic heterocycles. The fourth-order valence-corrected chi connectivity index (χ4v) is 12.4. The van der Waals surface area contributed by atoms with Crippen LogP contribution in [-0.2, 0) is 0 Å². The van der Waals surface area contributed by atoms with E-state index in [1.165, 1.54) is 9.80 Å². The minimum atomic E-state index is -0.522. The number of carbonyl (C=O) groups is 4. The highest BCUT2D eigenvalue weighted by molar-refractivity contribution is 6.48. The Hall–Kier alpha value is -9.54. The maximum atomic E-state index is 16.1. The van der Waals surface area contributed by atoms with E-state index in [1.54, 1.807) is 24.3 Å². The monoisotopic (exact) mass is 1080 g/mol. The molecular formula is C72H60N2O8. The standard InChI is InChI=1S/C72H60N2O8/c1-39(2)47-31-21-32-48(40(3)4)67(47)73-69(75)51-35-55(79-43-23-13-9-14-24-43)61-63-57(81-45-27-17-11-18-28-45)37-53-60-54(72(78)74(71(53)77)68-49(41(5)6)33-22-34-50(68)42(7)8)38-58(82-46-29-19-12-20-30-46)64(66(60)63)62-56(80-44-25-15-10-16-26-44)36-52(70(73)76)59(51)65(61)62/h9-19,21-29,31-42H,20,30H2,1-8H3. The van der Waals surface area contributed by atoms with Crippen LogP contribution in [0.1, 0.15) is 156 Å². The number of hydrogen-bond donors (Lipinski definition) is 0. The van der Waals surface area contributed by atoms with Gasteiger partial charge in [0.15, 0.2) is 0 Å². The lowest BCUT2D eigenvalue weighted by molar-refractivity contribution is 0.0877. The second kappa shape index (κ2) is 20.2. The van der Waals surface area contributed by atoms with Gasteiger partial charge in [0.25, 0.3) is 23.6 Å². The summed E-state index contributed by atoms with van der Waals surface area (Å²) in [6.07, 6.45) is 7.22. The van der Waals surface area contributed by atoms with E-state index in [0.29, 0.717) is 96.1 Å². The molecule has 0 spiro atoms. The second-order valence-corrected chi connectivity index (χ2v) is 22.7. The zero-order chi connectivity index (χ0) is 56.8. The smallest absolute Gasteiger partial charge is 0.266 e. The first-order chi connectivity index (χ1) is 39.7. The van der Waals surface area contributed by atoms with E-state index < -0.39 is 23.6 Å². The van der Waals surface area contributed by atoms with Crippen molar-refractivity contribution >= 4 is 78.1 Å². The third-order valence-electron chi connectivity index (χ3n) is 16.2. The molecule has 0 fully saturated rings. The van der Waals surface area contributed by atoms with Crippen molar-refractivity contribution in [2.75, 3.05) is 9.80 Å². The molecule has 4 amide bonds. The lowest BCUT2D eigenvalue weighted by atomic mass is 9.80. The predicted octanol–water partition coefficient (Wildman–Crippen LogP) is 18.8. The normalized spacial score (nSPS) is 14.3. The lowest BCUT2D eigenvalue weighted by Crippen LogP contribution is -2.42. The number of para-hydroxylation sites is 5. The number of amides is 4. The number of allylic oxidation sites excluding steroid dienone is 4. The lowest BCUT2D eigenvalue weighted by Gasteiger charge is -2.35. The molecule has 3 aliphatic rings. The van der Waals surface area contributed by atoms with Gasteiger partial charge in [0.2, 0.25) is 0 Å². The largest absolute Gasteiger partial charge is 0.461 e. The minimum absolute atomic E-state index is 0.0500. The van der Waals surface area contributed by atoms with Crippen LogP contribution < -0.4 is 28.7 Å². The molecule has 0 atom stereocenters. The zero-order valence-corrected chi connectivity index (χ0v) is 47.0. The van der Waals surface area contributed by atoms with Gasteiger partial charge >= 0.3 is 0 Å². The molecule has 0 N–H and O–H groups in total. The van der Waals surface area contributed by atoms with E-state index in [4.69, 9.17) is 18.9 Å². The van der Waals surface area contributed by atoms with Crippen molar-refractivity contribution in [1.82, 2.24) is 0 Å². The molecule has 10 nitrogen and oxygen atoms in total. The Labute approximate surface area is 476 Å². The van der Waals surface area contributed by atoms with Crippen molar-refractivity contribution in [3.63, 3.8) is 0 Å². The van der Waals surface area contributed by atoms with Crippen molar-refractivity contribution in [3.05, 3.63) is 220 Å². The van der Waals surface area contributed by atoms with Crippen molar-refractivity contribution < 1.29 is 38.1 Å². The molecule has 0 saturated heterocycles. The Morgan fingerprint density at radius 2 is 0.659 bits per heavy atom. The van der Waals surface area contributed by atoms with Crippen molar-refractivity contribution in [2.45, 2.75) is 91.9 Å². The van der Waals surface area contributed by atoms with Gasteiger partial charge in [-0.2, -0.15) is 0 Å². The maximum absolute atomic E-state index is 16.1. The number of fused-ring (bicyclic) bond motifs is 2. The number of imide groups is 2. The highest BCUT2D eigenvalue weighted by Gasteiger charge is 2.44. The van der Waals surface area contributed by atoms with Gasteiger partial charge in [-0.3, -0.25) is 19.2 Å². The van der Waals surface area contributed by atoms with Crippen LogP contribution in [0.5, 0.6) is 40.2 Å². The molecule has 0 unspecified atom stereocenters. The van der Waals surface area contributed by atoms with Crippen molar-refractivity contribution in [3.8, 4) is 40.2 Å². The number of rotatable bonds is 14. The first kappa shape index (κ1) is 51.9. The molecule has 1 aliphatic carbocycles. The fraction of sp³-hybridized carbons (Fsp3) is 0.194. The number of hydrogen-bond acceptors (Lipinski definition) is 8. The van der Waals surface area contributed by atoms with E-state index in [-0.39, 0.29) is 63.2 Å². The van der Waals surface area contributed by atoms with Gasteiger partial charge in [-0.25, -0.2) is 9.80 Å². The van der Waals surface area contributed by atoms with Gasteiger partial charge in [-0.05, 0) is 119 Å². The summed E-state index contributed by atoms with van der Waals surface area (Å²) in [5, 5.41) is 3.57. The summed E-state index contributed by atoms with van der Waals surface area (Å²) in [5.74, 6) is 0.867. The van der Waals surface area contributed by atoms with Gasteiger partial charge in [0.05, 0.1) is 33.6 Å². The van der Waals surface area contributed by atoms with Crippen LogP contribution in [0.25, 0.3) is 43.1 Å². The highest BCUT2D eigenvalue weighted by Crippen LogP contribution is 2.59. The van der Waals surface area contributed by atoms with Crippen LogP contribution in [-0.4, -0.2) is 23.6 Å². The number of anilines is 2. The Morgan fingerprint density at radius 3 is 0.939 bits per heavy atom. The topological polar surface area (TPSA) is 112 Å². The Bertz CT molecular complexity index is 4290. The van der Waals surface area contributed by atoms with Crippen LogP contribution in [0, 0.1) is 0 Å². The van der Waals surface area contributed by atoms with Crippen LogP contribution in [0.3, 0.4) is 0 Å². The molecule has 82 heavy (non-hydrogen) atoms. The fourth-order valence-electron chi connectivity index (χ4n) is 12.4. The van der Waals surface area contributed by atoms with Crippen LogP contribution in [0.15, 0.2) is 176 Å². The molecular weight excluding hydrogens is 1020 g/mol. The average Bonchev–Trinajstić information content (AvgIpc) is 1.49. The Morgan fingerprint density at radius 1 is 0.354 bits per heavy atom. The third kappa shape index (κ3) is 8.29. The van der Waals surface area contributed by atoms with E-state index in [2.05, 4.69) is 61.5 Å². The van der Waals surface area contributed by atoms with Gasteiger partial charge < -0.3 is 18.9 Å². The maximum Gasteiger partial charge on any atom is 0.266 e. The van der Waals surface area contributed by atoms with E-state index in [0.717, 1.165) is 22.3 Å². The van der Waals surface area contributed by atoms with Crippen LogP contribution >= 0.6 is 0 Å². The van der Waals surface area contributed by atoms with Gasteiger partial charge in [0, 0.05) is 49.5 Å². The molecule has 0 radical (unpaired) electrons. The third-order valence-corrected chi connectivity index (χ3v) is 16.2.